The number of carbonyl (C=O) groups is 1. The Bertz CT molecular complexity index is 1010. The van der Waals surface area contributed by atoms with Crippen LogP contribution in [0.4, 0.5) is 5.13 Å². The molecule has 30 heavy (non-hydrogen) atoms. The summed E-state index contributed by atoms with van der Waals surface area (Å²) in [7, 11) is 0. The highest BCUT2D eigenvalue weighted by molar-refractivity contribution is 7.16. The second-order valence-electron chi connectivity index (χ2n) is 7.28. The molecule has 4 rings (SSSR count). The lowest BCUT2D eigenvalue weighted by molar-refractivity contribution is -0.111. The lowest BCUT2D eigenvalue weighted by Crippen LogP contribution is -2.35. The summed E-state index contributed by atoms with van der Waals surface area (Å²) in [6, 6.07) is 18.2. The fourth-order valence-electron chi connectivity index (χ4n) is 3.29. The summed E-state index contributed by atoms with van der Waals surface area (Å²) in [6.07, 6.45) is 3.37. The zero-order chi connectivity index (χ0) is 20.8. The molecule has 0 spiro atoms. The lowest BCUT2D eigenvalue weighted by atomic mass is 10.1. The number of aryl methyl sites for hydroxylation is 1. The largest absolute Gasteiger partial charge is 0.379 e. The number of rotatable bonds is 6. The fourth-order valence-corrected chi connectivity index (χ4v) is 4.32. The highest BCUT2D eigenvalue weighted by atomic mass is 32.1. The first-order valence-electron chi connectivity index (χ1n) is 10.1. The standard InChI is InChI=1S/C24H25N3O2S/c1-18-7-9-19(10-8-18)11-12-22(28)25-24-26-23(20-5-3-2-4-6-20)21(30-24)17-27-13-15-29-16-14-27/h2-12H,13-17H2,1H3,(H,25,26,28)/b12-11+. The third-order valence-corrected chi connectivity index (χ3v) is 5.91. The molecule has 6 heteroatoms. The maximum absolute atomic E-state index is 12.4. The topological polar surface area (TPSA) is 54.5 Å². The number of nitrogens with one attached hydrogen (secondary N) is 1. The molecule has 1 aromatic heterocycles. The van der Waals surface area contributed by atoms with Gasteiger partial charge in [0.25, 0.3) is 0 Å². The minimum atomic E-state index is -0.179. The normalized spacial score (nSPS) is 14.8. The van der Waals surface area contributed by atoms with E-state index in [0.717, 1.165) is 54.5 Å². The molecule has 3 aromatic rings. The molecule has 2 aromatic carbocycles. The number of carbonyl (C=O) groups excluding carboxylic acids is 1. The molecule has 1 aliphatic heterocycles. The van der Waals surface area contributed by atoms with Gasteiger partial charge in [0.15, 0.2) is 5.13 Å². The fraction of sp³-hybridized carbons (Fsp3) is 0.250. The maximum Gasteiger partial charge on any atom is 0.250 e. The number of benzene rings is 2. The minimum absolute atomic E-state index is 0.179. The van der Waals surface area contributed by atoms with Crippen molar-refractivity contribution in [1.29, 1.82) is 0 Å². The SMILES string of the molecule is Cc1ccc(/C=C/C(=O)Nc2nc(-c3ccccc3)c(CN3CCOCC3)s2)cc1. The van der Waals surface area contributed by atoms with E-state index in [1.807, 2.05) is 55.5 Å². The molecule has 154 valence electrons. The number of anilines is 1. The zero-order valence-electron chi connectivity index (χ0n) is 17.0. The van der Waals surface area contributed by atoms with Crippen molar-refractivity contribution in [2.24, 2.45) is 0 Å². The predicted octanol–water partition coefficient (Wildman–Crippen LogP) is 4.60. The van der Waals surface area contributed by atoms with E-state index in [2.05, 4.69) is 22.3 Å². The predicted molar refractivity (Wildman–Crippen MR) is 122 cm³/mol. The molecule has 0 radical (unpaired) electrons. The molecule has 1 saturated heterocycles. The Kier molecular flexibility index (Phi) is 6.69. The Balaban J connectivity index is 1.51. The second-order valence-corrected chi connectivity index (χ2v) is 8.36. The quantitative estimate of drug-likeness (QED) is 0.593. The summed E-state index contributed by atoms with van der Waals surface area (Å²) in [5.74, 6) is -0.179. The van der Waals surface area contributed by atoms with Crippen LogP contribution in [0.15, 0.2) is 60.7 Å². The number of nitrogens with zero attached hydrogens (tertiary/aromatic N) is 2. The van der Waals surface area contributed by atoms with Crippen molar-refractivity contribution in [3.63, 3.8) is 0 Å². The molecule has 2 heterocycles. The van der Waals surface area contributed by atoms with E-state index < -0.39 is 0 Å². The third-order valence-electron chi connectivity index (χ3n) is 4.95. The molecule has 1 amide bonds. The average molecular weight is 420 g/mol. The summed E-state index contributed by atoms with van der Waals surface area (Å²) in [5.41, 5.74) is 4.19. The average Bonchev–Trinajstić information content (AvgIpc) is 3.16. The van der Waals surface area contributed by atoms with Crippen LogP contribution < -0.4 is 5.32 Å². The van der Waals surface area contributed by atoms with Crippen molar-refractivity contribution in [3.8, 4) is 11.3 Å². The summed E-state index contributed by atoms with van der Waals surface area (Å²) < 4.78 is 5.46. The number of morpholine rings is 1. The van der Waals surface area contributed by atoms with E-state index in [1.165, 1.54) is 5.56 Å². The van der Waals surface area contributed by atoms with Gasteiger partial charge in [-0.2, -0.15) is 0 Å². The molecule has 0 aliphatic carbocycles. The number of hydrogen-bond acceptors (Lipinski definition) is 5. The van der Waals surface area contributed by atoms with Crippen molar-refractivity contribution in [2.75, 3.05) is 31.6 Å². The van der Waals surface area contributed by atoms with Crippen molar-refractivity contribution in [3.05, 3.63) is 76.7 Å². The number of hydrogen-bond donors (Lipinski definition) is 1. The molecule has 1 N–H and O–H groups in total. The van der Waals surface area contributed by atoms with Gasteiger partial charge in [0, 0.05) is 36.2 Å². The number of ether oxygens (including phenoxy) is 1. The van der Waals surface area contributed by atoms with Crippen LogP contribution in [0.2, 0.25) is 0 Å². The van der Waals surface area contributed by atoms with E-state index in [4.69, 9.17) is 9.72 Å². The zero-order valence-corrected chi connectivity index (χ0v) is 17.8. The summed E-state index contributed by atoms with van der Waals surface area (Å²) in [4.78, 5) is 20.7. The minimum Gasteiger partial charge on any atom is -0.379 e. The molecular weight excluding hydrogens is 394 g/mol. The van der Waals surface area contributed by atoms with Gasteiger partial charge in [-0.15, -0.1) is 0 Å². The molecule has 1 fully saturated rings. The van der Waals surface area contributed by atoms with E-state index in [-0.39, 0.29) is 5.91 Å². The second kappa shape index (κ2) is 9.80. The molecule has 0 unspecified atom stereocenters. The first-order chi connectivity index (χ1) is 14.7. The number of amides is 1. The van der Waals surface area contributed by atoms with Gasteiger partial charge >= 0.3 is 0 Å². The molecule has 5 nitrogen and oxygen atoms in total. The van der Waals surface area contributed by atoms with Gasteiger partial charge < -0.3 is 4.74 Å². The van der Waals surface area contributed by atoms with Crippen LogP contribution in [-0.2, 0) is 16.1 Å². The summed E-state index contributed by atoms with van der Waals surface area (Å²) >= 11 is 1.54. The van der Waals surface area contributed by atoms with E-state index in [1.54, 1.807) is 17.4 Å². The van der Waals surface area contributed by atoms with Crippen molar-refractivity contribution in [1.82, 2.24) is 9.88 Å². The van der Waals surface area contributed by atoms with Gasteiger partial charge in [-0.25, -0.2) is 4.98 Å². The van der Waals surface area contributed by atoms with Crippen molar-refractivity contribution >= 4 is 28.5 Å². The van der Waals surface area contributed by atoms with E-state index in [9.17, 15) is 4.79 Å². The highest BCUT2D eigenvalue weighted by Crippen LogP contribution is 2.32. The molecular formula is C24H25N3O2S. The monoisotopic (exact) mass is 419 g/mol. The number of thiazole rings is 1. The Hall–Kier alpha value is -2.80. The Morgan fingerprint density at radius 3 is 2.60 bits per heavy atom. The van der Waals surface area contributed by atoms with Crippen LogP contribution in [0.1, 0.15) is 16.0 Å². The summed E-state index contributed by atoms with van der Waals surface area (Å²) in [6.45, 7) is 6.18. The highest BCUT2D eigenvalue weighted by Gasteiger charge is 2.18. The van der Waals surface area contributed by atoms with Gasteiger partial charge in [0.2, 0.25) is 5.91 Å². The molecule has 0 bridgehead atoms. The van der Waals surface area contributed by atoms with Crippen LogP contribution in [0.5, 0.6) is 0 Å². The van der Waals surface area contributed by atoms with Crippen molar-refractivity contribution in [2.45, 2.75) is 13.5 Å². The lowest BCUT2D eigenvalue weighted by Gasteiger charge is -2.26. The maximum atomic E-state index is 12.4. The van der Waals surface area contributed by atoms with Crippen LogP contribution in [-0.4, -0.2) is 42.1 Å². The number of aromatic nitrogens is 1. The molecule has 0 saturated carbocycles. The van der Waals surface area contributed by atoms with Crippen LogP contribution in [0.25, 0.3) is 17.3 Å². The summed E-state index contributed by atoms with van der Waals surface area (Å²) in [5, 5.41) is 3.55. The van der Waals surface area contributed by atoms with Crippen LogP contribution in [0, 0.1) is 6.92 Å². The first kappa shape index (κ1) is 20.5. The third kappa shape index (κ3) is 5.42. The molecule has 0 atom stereocenters. The Morgan fingerprint density at radius 2 is 1.87 bits per heavy atom. The van der Waals surface area contributed by atoms with Crippen molar-refractivity contribution < 1.29 is 9.53 Å². The van der Waals surface area contributed by atoms with Gasteiger partial charge in [-0.3, -0.25) is 15.0 Å². The van der Waals surface area contributed by atoms with Gasteiger partial charge in [0.05, 0.1) is 18.9 Å². The Morgan fingerprint density at radius 1 is 1.13 bits per heavy atom. The van der Waals surface area contributed by atoms with E-state index in [0.29, 0.717) is 5.13 Å². The van der Waals surface area contributed by atoms with E-state index >= 15 is 0 Å². The first-order valence-corrected chi connectivity index (χ1v) is 10.9. The van der Waals surface area contributed by atoms with Gasteiger partial charge in [0.1, 0.15) is 0 Å². The van der Waals surface area contributed by atoms with Crippen LogP contribution in [0.3, 0.4) is 0 Å². The van der Waals surface area contributed by atoms with Gasteiger partial charge in [-0.05, 0) is 18.6 Å². The van der Waals surface area contributed by atoms with Gasteiger partial charge in [-0.1, -0.05) is 71.5 Å². The molecule has 1 aliphatic rings. The smallest absolute Gasteiger partial charge is 0.250 e. The Labute approximate surface area is 181 Å². The van der Waals surface area contributed by atoms with Crippen LogP contribution >= 0.6 is 11.3 Å².